The minimum atomic E-state index is -0.171. The Morgan fingerprint density at radius 1 is 1.04 bits per heavy atom. The lowest BCUT2D eigenvalue weighted by Gasteiger charge is -2.06. The van der Waals surface area contributed by atoms with E-state index in [-0.39, 0.29) is 5.91 Å². The molecule has 1 N–H and O–H groups in total. The second kappa shape index (κ2) is 6.44. The third-order valence-corrected chi connectivity index (χ3v) is 4.31. The van der Waals surface area contributed by atoms with Crippen molar-refractivity contribution in [3.05, 3.63) is 77.5 Å². The Balaban J connectivity index is 1.58. The Bertz CT molecular complexity index is 1080. The van der Waals surface area contributed by atoms with Crippen molar-refractivity contribution in [1.82, 2.24) is 29.7 Å². The number of fused-ring (bicyclic) bond motifs is 1. The molecule has 7 heteroatoms. The van der Waals surface area contributed by atoms with Crippen LogP contribution in [-0.2, 0) is 6.54 Å². The van der Waals surface area contributed by atoms with Crippen molar-refractivity contribution in [3.8, 4) is 5.69 Å². The Labute approximate surface area is 150 Å². The normalized spacial score (nSPS) is 11.0. The van der Waals surface area contributed by atoms with E-state index in [1.165, 1.54) is 0 Å². The molecule has 4 rings (SSSR count). The molecule has 1 aromatic carbocycles. The van der Waals surface area contributed by atoms with Gasteiger partial charge in [0, 0.05) is 6.20 Å². The Hall–Kier alpha value is -3.48. The first-order chi connectivity index (χ1) is 12.6. The quantitative estimate of drug-likeness (QED) is 0.616. The highest BCUT2D eigenvalue weighted by Crippen LogP contribution is 2.18. The van der Waals surface area contributed by atoms with E-state index in [0.29, 0.717) is 23.6 Å². The smallest absolute Gasteiger partial charge is 0.255 e. The summed E-state index contributed by atoms with van der Waals surface area (Å²) in [4.78, 5) is 12.7. The lowest BCUT2D eigenvalue weighted by atomic mass is 10.2. The van der Waals surface area contributed by atoms with Crippen molar-refractivity contribution >= 4 is 11.6 Å². The number of aryl methyl sites for hydroxylation is 1. The van der Waals surface area contributed by atoms with Crippen LogP contribution in [0.2, 0.25) is 0 Å². The number of carbonyl (C=O) groups is 1. The van der Waals surface area contributed by atoms with Gasteiger partial charge in [0.05, 0.1) is 29.2 Å². The molecule has 130 valence electrons. The largest absolute Gasteiger partial charge is 0.345 e. The van der Waals surface area contributed by atoms with Crippen LogP contribution in [0, 0.1) is 13.8 Å². The predicted octanol–water partition coefficient (Wildman–Crippen LogP) is 2.46. The summed E-state index contributed by atoms with van der Waals surface area (Å²) in [6.07, 6.45) is 1.88. The predicted molar refractivity (Wildman–Crippen MR) is 97.2 cm³/mol. The van der Waals surface area contributed by atoms with Gasteiger partial charge >= 0.3 is 0 Å². The molecule has 3 aromatic heterocycles. The van der Waals surface area contributed by atoms with Crippen LogP contribution >= 0.6 is 0 Å². The molecule has 0 aliphatic carbocycles. The standard InChI is InChI=1S/C19H18N6O/c1-13-18(14(2)25(23-13)15-8-4-3-5-9-15)19(26)20-12-17-22-21-16-10-6-7-11-24(16)17/h3-11H,12H2,1-2H3,(H,20,26). The highest BCUT2D eigenvalue weighted by Gasteiger charge is 2.19. The summed E-state index contributed by atoms with van der Waals surface area (Å²) in [7, 11) is 0. The van der Waals surface area contributed by atoms with Crippen LogP contribution in [0.4, 0.5) is 0 Å². The molecule has 0 saturated carbocycles. The van der Waals surface area contributed by atoms with E-state index >= 15 is 0 Å². The number of carbonyl (C=O) groups excluding carboxylic acids is 1. The molecule has 3 heterocycles. The first-order valence-corrected chi connectivity index (χ1v) is 8.33. The van der Waals surface area contributed by atoms with Crippen molar-refractivity contribution in [3.63, 3.8) is 0 Å². The molecule has 0 spiro atoms. The number of benzene rings is 1. The number of hydrogen-bond donors (Lipinski definition) is 1. The van der Waals surface area contributed by atoms with Gasteiger partial charge in [-0.2, -0.15) is 5.10 Å². The van der Waals surface area contributed by atoms with Crippen molar-refractivity contribution in [1.29, 1.82) is 0 Å². The summed E-state index contributed by atoms with van der Waals surface area (Å²) in [5.74, 6) is 0.509. The molecule has 0 saturated heterocycles. The molecular formula is C19H18N6O. The second-order valence-electron chi connectivity index (χ2n) is 6.02. The van der Waals surface area contributed by atoms with Gasteiger partial charge in [-0.15, -0.1) is 10.2 Å². The zero-order chi connectivity index (χ0) is 18.1. The summed E-state index contributed by atoms with van der Waals surface area (Å²) in [5, 5.41) is 15.7. The van der Waals surface area contributed by atoms with Gasteiger partial charge in [0.15, 0.2) is 11.5 Å². The third kappa shape index (κ3) is 2.73. The molecule has 1 amide bonds. The minimum absolute atomic E-state index is 0.171. The average Bonchev–Trinajstić information content (AvgIpc) is 3.21. The summed E-state index contributed by atoms with van der Waals surface area (Å²) in [5.41, 5.74) is 3.76. The van der Waals surface area contributed by atoms with Gasteiger partial charge < -0.3 is 5.32 Å². The van der Waals surface area contributed by atoms with E-state index in [0.717, 1.165) is 17.0 Å². The van der Waals surface area contributed by atoms with Crippen LogP contribution in [-0.4, -0.2) is 30.3 Å². The number of amides is 1. The number of pyridine rings is 1. The summed E-state index contributed by atoms with van der Waals surface area (Å²) in [6.45, 7) is 4.03. The van der Waals surface area contributed by atoms with Crippen LogP contribution in [0.1, 0.15) is 27.6 Å². The number of para-hydroxylation sites is 1. The maximum atomic E-state index is 12.7. The number of nitrogens with one attached hydrogen (secondary N) is 1. The lowest BCUT2D eigenvalue weighted by molar-refractivity contribution is 0.0948. The minimum Gasteiger partial charge on any atom is -0.345 e. The van der Waals surface area contributed by atoms with Gasteiger partial charge in [-0.25, -0.2) is 4.68 Å². The number of rotatable bonds is 4. The maximum Gasteiger partial charge on any atom is 0.255 e. The number of aromatic nitrogens is 5. The Morgan fingerprint density at radius 2 is 1.81 bits per heavy atom. The van der Waals surface area contributed by atoms with Crippen molar-refractivity contribution in [2.24, 2.45) is 0 Å². The van der Waals surface area contributed by atoms with Crippen LogP contribution in [0.5, 0.6) is 0 Å². The van der Waals surface area contributed by atoms with Gasteiger partial charge in [-0.3, -0.25) is 9.20 Å². The molecule has 0 bridgehead atoms. The lowest BCUT2D eigenvalue weighted by Crippen LogP contribution is -2.25. The van der Waals surface area contributed by atoms with Crippen molar-refractivity contribution < 1.29 is 4.79 Å². The van der Waals surface area contributed by atoms with Gasteiger partial charge in [-0.05, 0) is 38.1 Å². The van der Waals surface area contributed by atoms with E-state index in [2.05, 4.69) is 20.6 Å². The first kappa shape index (κ1) is 16.0. The number of nitrogens with zero attached hydrogens (tertiary/aromatic N) is 5. The first-order valence-electron chi connectivity index (χ1n) is 8.33. The molecule has 0 aliphatic rings. The fourth-order valence-corrected chi connectivity index (χ4v) is 3.05. The average molecular weight is 346 g/mol. The van der Waals surface area contributed by atoms with E-state index in [1.54, 1.807) is 4.68 Å². The third-order valence-electron chi connectivity index (χ3n) is 4.31. The molecule has 4 aromatic rings. The molecule has 0 atom stereocenters. The van der Waals surface area contributed by atoms with Crippen molar-refractivity contribution in [2.45, 2.75) is 20.4 Å². The summed E-state index contributed by atoms with van der Waals surface area (Å²) < 4.78 is 3.64. The van der Waals surface area contributed by atoms with Gasteiger partial charge in [0.2, 0.25) is 0 Å². The second-order valence-corrected chi connectivity index (χ2v) is 6.02. The van der Waals surface area contributed by atoms with Crippen LogP contribution in [0.15, 0.2) is 54.7 Å². The summed E-state index contributed by atoms with van der Waals surface area (Å²) >= 11 is 0. The van der Waals surface area contributed by atoms with E-state index in [1.807, 2.05) is 73.0 Å². The van der Waals surface area contributed by atoms with E-state index in [9.17, 15) is 4.79 Å². The molecular weight excluding hydrogens is 328 g/mol. The maximum absolute atomic E-state index is 12.7. The van der Waals surface area contributed by atoms with Gasteiger partial charge in [0.25, 0.3) is 5.91 Å². The highest BCUT2D eigenvalue weighted by molar-refractivity contribution is 5.96. The van der Waals surface area contributed by atoms with Crippen LogP contribution < -0.4 is 5.32 Å². The molecule has 0 radical (unpaired) electrons. The van der Waals surface area contributed by atoms with Gasteiger partial charge in [-0.1, -0.05) is 24.3 Å². The molecule has 26 heavy (non-hydrogen) atoms. The zero-order valence-corrected chi connectivity index (χ0v) is 14.5. The van der Waals surface area contributed by atoms with Crippen LogP contribution in [0.25, 0.3) is 11.3 Å². The SMILES string of the molecule is Cc1nn(-c2ccccc2)c(C)c1C(=O)NCc1nnc2ccccn12. The fraction of sp³-hybridized carbons (Fsp3) is 0.158. The topological polar surface area (TPSA) is 77.1 Å². The Kier molecular flexibility index (Phi) is 3.96. The van der Waals surface area contributed by atoms with Gasteiger partial charge in [0.1, 0.15) is 0 Å². The number of hydrogen-bond acceptors (Lipinski definition) is 4. The highest BCUT2D eigenvalue weighted by atomic mass is 16.1. The zero-order valence-electron chi connectivity index (χ0n) is 14.5. The monoisotopic (exact) mass is 346 g/mol. The van der Waals surface area contributed by atoms with E-state index in [4.69, 9.17) is 0 Å². The Morgan fingerprint density at radius 3 is 2.62 bits per heavy atom. The molecule has 7 nitrogen and oxygen atoms in total. The fourth-order valence-electron chi connectivity index (χ4n) is 3.05. The van der Waals surface area contributed by atoms with Crippen molar-refractivity contribution in [2.75, 3.05) is 0 Å². The van der Waals surface area contributed by atoms with Crippen LogP contribution in [0.3, 0.4) is 0 Å². The van der Waals surface area contributed by atoms with E-state index < -0.39 is 0 Å². The molecule has 0 unspecified atom stereocenters. The molecule has 0 fully saturated rings. The summed E-state index contributed by atoms with van der Waals surface area (Å²) in [6, 6.07) is 15.4. The molecule has 0 aliphatic heterocycles.